The van der Waals surface area contributed by atoms with Crippen LogP contribution in [-0.4, -0.2) is 15.6 Å². The van der Waals surface area contributed by atoms with Crippen LogP contribution in [0.15, 0.2) is 23.0 Å². The molecule has 92 valence electrons. The molecule has 0 amide bonds. The number of hydrogen-bond acceptors (Lipinski definition) is 3. The van der Waals surface area contributed by atoms with Crippen molar-refractivity contribution in [1.29, 1.82) is 0 Å². The van der Waals surface area contributed by atoms with E-state index < -0.39 is 0 Å². The summed E-state index contributed by atoms with van der Waals surface area (Å²) >= 11 is 7.67. The largest absolute Gasteiger partial charge is 0.321 e. The lowest BCUT2D eigenvalue weighted by atomic mass is 10.1. The zero-order valence-electron chi connectivity index (χ0n) is 9.98. The molecular formula is C12H16ClN3S. The Balaban J connectivity index is 1.84. The Morgan fingerprint density at radius 3 is 3.00 bits per heavy atom. The lowest BCUT2D eigenvalue weighted by Gasteiger charge is -2.12. The van der Waals surface area contributed by atoms with Crippen molar-refractivity contribution in [3.8, 4) is 0 Å². The maximum absolute atomic E-state index is 5.93. The van der Waals surface area contributed by atoms with Gasteiger partial charge in [-0.05, 0) is 35.7 Å². The van der Waals surface area contributed by atoms with Crippen molar-refractivity contribution in [2.45, 2.75) is 25.9 Å². The molecule has 0 aliphatic rings. The average molecular weight is 270 g/mol. The first-order valence-electron chi connectivity index (χ1n) is 5.57. The number of imidazole rings is 1. The fraction of sp³-hybridized carbons (Fsp3) is 0.417. The molecule has 17 heavy (non-hydrogen) atoms. The maximum Gasteiger partial charge on any atom is 0.128 e. The van der Waals surface area contributed by atoms with Crippen LogP contribution < -0.4 is 5.32 Å². The molecule has 0 bridgehead atoms. The minimum Gasteiger partial charge on any atom is -0.321 e. The van der Waals surface area contributed by atoms with Crippen LogP contribution in [-0.2, 0) is 20.0 Å². The van der Waals surface area contributed by atoms with E-state index in [4.69, 9.17) is 11.6 Å². The molecule has 1 unspecified atom stereocenters. The van der Waals surface area contributed by atoms with Crippen LogP contribution in [0, 0.1) is 0 Å². The van der Waals surface area contributed by atoms with E-state index in [-0.39, 0.29) is 0 Å². The number of hydrogen-bond donors (Lipinski definition) is 1. The summed E-state index contributed by atoms with van der Waals surface area (Å²) in [5, 5.41) is 8.43. The highest BCUT2D eigenvalue weighted by Gasteiger charge is 2.07. The molecule has 0 aromatic carbocycles. The molecular weight excluding hydrogens is 254 g/mol. The van der Waals surface area contributed by atoms with Gasteiger partial charge in [-0.1, -0.05) is 11.6 Å². The molecule has 3 nitrogen and oxygen atoms in total. The van der Waals surface area contributed by atoms with Crippen LogP contribution in [0.4, 0.5) is 0 Å². The Labute approximate surface area is 110 Å². The predicted molar refractivity (Wildman–Crippen MR) is 72.5 cm³/mol. The lowest BCUT2D eigenvalue weighted by molar-refractivity contribution is 0.526. The predicted octanol–water partition coefficient (Wildman–Crippen LogP) is 2.86. The van der Waals surface area contributed by atoms with E-state index in [1.807, 2.05) is 11.6 Å². The van der Waals surface area contributed by atoms with E-state index in [0.29, 0.717) is 11.2 Å². The smallest absolute Gasteiger partial charge is 0.128 e. The standard InChI is InChI=1S/C12H16ClN3S/c1-9(5-10-3-4-17-8-10)14-7-12-15-6-11(13)16(12)2/h3-4,6,8-9,14H,5,7H2,1-2H3. The number of thiophene rings is 1. The first-order chi connectivity index (χ1) is 8.16. The van der Waals surface area contributed by atoms with Gasteiger partial charge < -0.3 is 9.88 Å². The fourth-order valence-corrected chi connectivity index (χ4v) is 2.52. The molecule has 0 aliphatic carbocycles. The van der Waals surface area contributed by atoms with Crippen LogP contribution in [0.3, 0.4) is 0 Å². The highest BCUT2D eigenvalue weighted by atomic mass is 35.5. The molecule has 2 aromatic heterocycles. The van der Waals surface area contributed by atoms with Crippen molar-refractivity contribution < 1.29 is 0 Å². The summed E-state index contributed by atoms with van der Waals surface area (Å²) in [4.78, 5) is 4.25. The van der Waals surface area contributed by atoms with Crippen LogP contribution in [0.25, 0.3) is 0 Å². The van der Waals surface area contributed by atoms with Gasteiger partial charge in [-0.15, -0.1) is 0 Å². The van der Waals surface area contributed by atoms with E-state index in [2.05, 4.69) is 34.1 Å². The molecule has 0 fully saturated rings. The molecule has 0 aliphatic heterocycles. The Kier molecular flexibility index (Phi) is 4.20. The van der Waals surface area contributed by atoms with E-state index >= 15 is 0 Å². The molecule has 2 rings (SSSR count). The molecule has 0 saturated carbocycles. The third-order valence-electron chi connectivity index (χ3n) is 2.76. The van der Waals surface area contributed by atoms with Gasteiger partial charge in [0.2, 0.25) is 0 Å². The fourth-order valence-electron chi connectivity index (χ4n) is 1.69. The topological polar surface area (TPSA) is 29.9 Å². The molecule has 2 heterocycles. The maximum atomic E-state index is 5.93. The van der Waals surface area contributed by atoms with Gasteiger partial charge in [-0.25, -0.2) is 4.98 Å². The van der Waals surface area contributed by atoms with Crippen molar-refractivity contribution in [3.05, 3.63) is 39.6 Å². The number of nitrogens with zero attached hydrogens (tertiary/aromatic N) is 2. The summed E-state index contributed by atoms with van der Waals surface area (Å²) in [6.45, 7) is 2.93. The highest BCUT2D eigenvalue weighted by molar-refractivity contribution is 7.07. The van der Waals surface area contributed by atoms with Crippen LogP contribution >= 0.6 is 22.9 Å². The second kappa shape index (κ2) is 5.67. The first kappa shape index (κ1) is 12.6. The third kappa shape index (κ3) is 3.31. The van der Waals surface area contributed by atoms with Gasteiger partial charge in [0.15, 0.2) is 0 Å². The number of aromatic nitrogens is 2. The summed E-state index contributed by atoms with van der Waals surface area (Å²) in [6.07, 6.45) is 2.73. The minimum absolute atomic E-state index is 0.431. The second-order valence-corrected chi connectivity index (χ2v) is 5.34. The second-order valence-electron chi connectivity index (χ2n) is 4.17. The molecule has 2 aromatic rings. The lowest BCUT2D eigenvalue weighted by Crippen LogP contribution is -2.28. The Morgan fingerprint density at radius 2 is 2.41 bits per heavy atom. The van der Waals surface area contributed by atoms with Crippen molar-refractivity contribution in [3.63, 3.8) is 0 Å². The molecule has 5 heteroatoms. The van der Waals surface area contributed by atoms with Crippen molar-refractivity contribution in [1.82, 2.24) is 14.9 Å². The normalized spacial score (nSPS) is 12.9. The summed E-state index contributed by atoms with van der Waals surface area (Å²) in [6, 6.07) is 2.60. The summed E-state index contributed by atoms with van der Waals surface area (Å²) < 4.78 is 1.89. The van der Waals surface area contributed by atoms with Crippen LogP contribution in [0.1, 0.15) is 18.3 Å². The van der Waals surface area contributed by atoms with Gasteiger partial charge >= 0.3 is 0 Å². The van der Waals surface area contributed by atoms with E-state index in [9.17, 15) is 0 Å². The Bertz CT molecular complexity index is 464. The monoisotopic (exact) mass is 269 g/mol. The van der Waals surface area contributed by atoms with E-state index in [1.54, 1.807) is 17.5 Å². The summed E-state index contributed by atoms with van der Waals surface area (Å²) in [7, 11) is 1.93. The molecule has 1 N–H and O–H groups in total. The van der Waals surface area contributed by atoms with Crippen molar-refractivity contribution in [2.24, 2.45) is 7.05 Å². The van der Waals surface area contributed by atoms with Crippen LogP contribution in [0.2, 0.25) is 5.15 Å². The van der Waals surface area contributed by atoms with Crippen LogP contribution in [0.5, 0.6) is 0 Å². The number of rotatable bonds is 5. The molecule has 0 spiro atoms. The Morgan fingerprint density at radius 1 is 1.59 bits per heavy atom. The van der Waals surface area contributed by atoms with Crippen molar-refractivity contribution >= 4 is 22.9 Å². The average Bonchev–Trinajstić information content (AvgIpc) is 2.90. The molecule has 1 atom stereocenters. The SMILES string of the molecule is CC(Cc1ccsc1)NCc1ncc(Cl)n1C. The molecule has 0 radical (unpaired) electrons. The first-order valence-corrected chi connectivity index (χ1v) is 6.89. The van der Waals surface area contributed by atoms with Crippen molar-refractivity contribution in [2.75, 3.05) is 0 Å². The van der Waals surface area contributed by atoms with Gasteiger partial charge in [0, 0.05) is 13.1 Å². The number of nitrogens with one attached hydrogen (secondary N) is 1. The van der Waals surface area contributed by atoms with Gasteiger partial charge in [0.1, 0.15) is 11.0 Å². The summed E-state index contributed by atoms with van der Waals surface area (Å²) in [5.41, 5.74) is 1.38. The summed E-state index contributed by atoms with van der Waals surface area (Å²) in [5.74, 6) is 0.965. The van der Waals surface area contributed by atoms with Gasteiger partial charge in [-0.3, -0.25) is 0 Å². The van der Waals surface area contributed by atoms with E-state index in [0.717, 1.165) is 18.8 Å². The van der Waals surface area contributed by atoms with E-state index in [1.165, 1.54) is 5.56 Å². The van der Waals surface area contributed by atoms with Gasteiger partial charge in [-0.2, -0.15) is 11.3 Å². The minimum atomic E-state index is 0.431. The molecule has 0 saturated heterocycles. The Hall–Kier alpha value is -0.840. The van der Waals surface area contributed by atoms with Gasteiger partial charge in [0.25, 0.3) is 0 Å². The quantitative estimate of drug-likeness (QED) is 0.905. The van der Waals surface area contributed by atoms with Gasteiger partial charge in [0.05, 0.1) is 12.7 Å². The third-order valence-corrected chi connectivity index (χ3v) is 3.84. The number of halogens is 1. The zero-order chi connectivity index (χ0) is 12.3. The zero-order valence-corrected chi connectivity index (χ0v) is 11.6. The highest BCUT2D eigenvalue weighted by Crippen LogP contribution is 2.10.